The van der Waals surface area contributed by atoms with Crippen LogP contribution in [0.1, 0.15) is 5.56 Å². The van der Waals surface area contributed by atoms with Crippen molar-refractivity contribution >= 4 is 29.1 Å². The Morgan fingerprint density at radius 3 is 2.38 bits per heavy atom. The first-order valence-electron chi connectivity index (χ1n) is 3.42. The smallest absolute Gasteiger partial charge is 0.258 e. The molecule has 0 aliphatic heterocycles. The van der Waals surface area contributed by atoms with Crippen LogP contribution in [-0.2, 0) is 9.13 Å². The number of benzene rings is 1. The number of primary amides is 1. The third-order valence-electron chi connectivity index (χ3n) is 1.55. The van der Waals surface area contributed by atoms with E-state index >= 15 is 0 Å². The minimum Gasteiger partial charge on any atom is -0.508 e. The lowest BCUT2D eigenvalue weighted by Gasteiger charge is -2.16. The summed E-state index contributed by atoms with van der Waals surface area (Å²) in [5.74, 6) is -1.08. The molecule has 0 saturated carbocycles. The molecule has 1 aromatic rings. The van der Waals surface area contributed by atoms with Gasteiger partial charge in [-0.05, 0) is 6.07 Å². The van der Waals surface area contributed by atoms with E-state index in [1.165, 1.54) is 12.1 Å². The summed E-state index contributed by atoms with van der Waals surface area (Å²) in [6.45, 7) is 0. The number of alkyl halides is 2. The third kappa shape index (κ3) is 1.87. The maximum Gasteiger partial charge on any atom is 0.258 e. The van der Waals surface area contributed by atoms with Crippen LogP contribution in [0.15, 0.2) is 24.3 Å². The van der Waals surface area contributed by atoms with Crippen LogP contribution in [-0.4, -0.2) is 11.0 Å². The second-order valence-corrected chi connectivity index (χ2v) is 3.78. The van der Waals surface area contributed by atoms with Crippen molar-refractivity contribution in [3.05, 3.63) is 29.8 Å². The van der Waals surface area contributed by atoms with E-state index < -0.39 is 10.2 Å². The highest BCUT2D eigenvalue weighted by molar-refractivity contribution is 6.57. The molecular formula is C8H7Cl2NO2. The molecule has 0 atom stereocenters. The molecule has 1 rings (SSSR count). The molecule has 70 valence electrons. The van der Waals surface area contributed by atoms with Crippen LogP contribution in [0.2, 0.25) is 0 Å². The molecule has 0 saturated heterocycles. The minimum absolute atomic E-state index is 0.0887. The van der Waals surface area contributed by atoms with Gasteiger partial charge in [0, 0.05) is 5.56 Å². The number of para-hydroxylation sites is 1. The summed E-state index contributed by atoms with van der Waals surface area (Å²) in [6.07, 6.45) is 0. The molecule has 1 aromatic carbocycles. The number of rotatable bonds is 2. The van der Waals surface area contributed by atoms with Gasteiger partial charge in [0.15, 0.2) is 0 Å². The average Bonchev–Trinajstić information content (AvgIpc) is 2.04. The Morgan fingerprint density at radius 1 is 1.38 bits per heavy atom. The summed E-state index contributed by atoms with van der Waals surface area (Å²) in [4.78, 5) is 10.8. The molecule has 1 amide bonds. The number of hydrogen-bond donors (Lipinski definition) is 2. The SMILES string of the molecule is NC(=O)C(Cl)(Cl)c1ccccc1O. The lowest BCUT2D eigenvalue weighted by atomic mass is 10.1. The van der Waals surface area contributed by atoms with Gasteiger partial charge in [-0.3, -0.25) is 4.79 Å². The molecular weight excluding hydrogens is 213 g/mol. The van der Waals surface area contributed by atoms with E-state index in [1.807, 2.05) is 0 Å². The number of phenols is 1. The highest BCUT2D eigenvalue weighted by Crippen LogP contribution is 2.38. The van der Waals surface area contributed by atoms with Crippen LogP contribution >= 0.6 is 23.2 Å². The van der Waals surface area contributed by atoms with E-state index in [4.69, 9.17) is 28.9 Å². The maximum absolute atomic E-state index is 10.8. The molecule has 0 unspecified atom stereocenters. The number of halogens is 2. The number of aromatic hydroxyl groups is 1. The fourth-order valence-corrected chi connectivity index (χ4v) is 1.19. The second-order valence-electron chi connectivity index (χ2n) is 2.46. The first-order chi connectivity index (χ1) is 5.96. The summed E-state index contributed by atoms with van der Waals surface area (Å²) in [5.41, 5.74) is 5.05. The molecule has 0 aliphatic carbocycles. The molecule has 0 heterocycles. The van der Waals surface area contributed by atoms with Gasteiger partial charge in [0.2, 0.25) is 4.33 Å². The van der Waals surface area contributed by atoms with E-state index in [1.54, 1.807) is 12.1 Å². The van der Waals surface area contributed by atoms with E-state index in [0.29, 0.717) is 0 Å². The first kappa shape index (κ1) is 10.2. The number of carbonyl (C=O) groups excluding carboxylic acids is 1. The van der Waals surface area contributed by atoms with Gasteiger partial charge in [0.25, 0.3) is 5.91 Å². The standard InChI is InChI=1S/C8H7Cl2NO2/c9-8(10,7(11)13)5-3-1-2-4-6(5)12/h1-4,12H,(H2,11,13). The number of amides is 1. The van der Waals surface area contributed by atoms with Crippen molar-refractivity contribution in [3.8, 4) is 5.75 Å². The Labute approximate surface area is 85.1 Å². The van der Waals surface area contributed by atoms with Crippen molar-refractivity contribution in [3.63, 3.8) is 0 Å². The van der Waals surface area contributed by atoms with E-state index in [0.717, 1.165) is 0 Å². The predicted octanol–water partition coefficient (Wildman–Crippen LogP) is 1.51. The zero-order valence-electron chi connectivity index (χ0n) is 6.50. The number of phenolic OH excluding ortho intramolecular Hbond substituents is 1. The predicted molar refractivity (Wildman–Crippen MR) is 50.7 cm³/mol. The molecule has 0 aliphatic rings. The van der Waals surface area contributed by atoms with Crippen molar-refractivity contribution in [2.24, 2.45) is 5.73 Å². The van der Waals surface area contributed by atoms with Gasteiger partial charge in [0.1, 0.15) is 5.75 Å². The number of hydrogen-bond acceptors (Lipinski definition) is 2. The Kier molecular flexibility index (Phi) is 2.68. The van der Waals surface area contributed by atoms with Crippen LogP contribution in [0.25, 0.3) is 0 Å². The van der Waals surface area contributed by atoms with E-state index in [2.05, 4.69) is 0 Å². The van der Waals surface area contributed by atoms with Gasteiger partial charge in [-0.1, -0.05) is 41.4 Å². The molecule has 0 aromatic heterocycles. The van der Waals surface area contributed by atoms with Crippen molar-refractivity contribution in [2.45, 2.75) is 4.33 Å². The zero-order chi connectivity index (χ0) is 10.1. The van der Waals surface area contributed by atoms with Gasteiger partial charge in [-0.25, -0.2) is 0 Å². The van der Waals surface area contributed by atoms with Gasteiger partial charge in [0.05, 0.1) is 0 Å². The van der Waals surface area contributed by atoms with Crippen molar-refractivity contribution in [2.75, 3.05) is 0 Å². The zero-order valence-corrected chi connectivity index (χ0v) is 8.01. The minimum atomic E-state index is -1.88. The normalized spacial score (nSPS) is 11.2. The van der Waals surface area contributed by atoms with Crippen molar-refractivity contribution < 1.29 is 9.90 Å². The monoisotopic (exact) mass is 219 g/mol. The highest BCUT2D eigenvalue weighted by atomic mass is 35.5. The van der Waals surface area contributed by atoms with Gasteiger partial charge in [-0.15, -0.1) is 0 Å². The Balaban J connectivity index is 3.22. The molecule has 0 radical (unpaired) electrons. The van der Waals surface area contributed by atoms with E-state index in [-0.39, 0.29) is 11.3 Å². The topological polar surface area (TPSA) is 63.3 Å². The van der Waals surface area contributed by atoms with Gasteiger partial charge < -0.3 is 10.8 Å². The fraction of sp³-hybridized carbons (Fsp3) is 0.125. The summed E-state index contributed by atoms with van der Waals surface area (Å²) in [7, 11) is 0. The van der Waals surface area contributed by atoms with E-state index in [9.17, 15) is 9.90 Å². The molecule has 0 spiro atoms. The van der Waals surface area contributed by atoms with Crippen LogP contribution in [0.5, 0.6) is 5.75 Å². The molecule has 13 heavy (non-hydrogen) atoms. The maximum atomic E-state index is 10.8. The van der Waals surface area contributed by atoms with Gasteiger partial charge in [-0.2, -0.15) is 0 Å². The van der Waals surface area contributed by atoms with Crippen LogP contribution < -0.4 is 5.73 Å². The summed E-state index contributed by atoms with van der Waals surface area (Å²) in [6, 6.07) is 5.99. The lowest BCUT2D eigenvalue weighted by molar-refractivity contribution is -0.118. The van der Waals surface area contributed by atoms with Crippen LogP contribution in [0.3, 0.4) is 0 Å². The Bertz CT molecular complexity index is 339. The third-order valence-corrected chi connectivity index (χ3v) is 2.33. The molecule has 0 fully saturated rings. The molecule has 3 N–H and O–H groups in total. The summed E-state index contributed by atoms with van der Waals surface area (Å²) in [5, 5.41) is 9.32. The van der Waals surface area contributed by atoms with Crippen molar-refractivity contribution in [1.29, 1.82) is 0 Å². The second kappa shape index (κ2) is 3.44. The quantitative estimate of drug-likeness (QED) is 0.742. The largest absolute Gasteiger partial charge is 0.508 e. The first-order valence-corrected chi connectivity index (χ1v) is 4.18. The Morgan fingerprint density at radius 2 is 1.92 bits per heavy atom. The molecule has 3 nitrogen and oxygen atoms in total. The summed E-state index contributed by atoms with van der Waals surface area (Å²) >= 11 is 11.3. The fourth-order valence-electron chi connectivity index (χ4n) is 0.872. The van der Waals surface area contributed by atoms with Gasteiger partial charge >= 0.3 is 0 Å². The van der Waals surface area contributed by atoms with Crippen LogP contribution in [0.4, 0.5) is 0 Å². The highest BCUT2D eigenvalue weighted by Gasteiger charge is 2.35. The lowest BCUT2D eigenvalue weighted by Crippen LogP contribution is -2.30. The Hall–Kier alpha value is -0.930. The molecule has 5 heteroatoms. The average molecular weight is 220 g/mol. The number of nitrogens with two attached hydrogens (primary N) is 1. The molecule has 0 bridgehead atoms. The summed E-state index contributed by atoms with van der Waals surface area (Å²) < 4.78 is -1.88. The number of carbonyl (C=O) groups is 1. The van der Waals surface area contributed by atoms with Crippen LogP contribution in [0, 0.1) is 0 Å². The van der Waals surface area contributed by atoms with Crippen molar-refractivity contribution in [1.82, 2.24) is 0 Å².